The predicted molar refractivity (Wildman–Crippen MR) is 73.0 cm³/mol. The number of esters is 1. The summed E-state index contributed by atoms with van der Waals surface area (Å²) < 4.78 is 5.02. The number of rotatable bonds is 3. The third-order valence-electron chi connectivity index (χ3n) is 3.13. The second-order valence-corrected chi connectivity index (χ2v) is 4.50. The fourth-order valence-corrected chi connectivity index (χ4v) is 2.22. The van der Waals surface area contributed by atoms with Gasteiger partial charge in [0.05, 0.1) is 17.9 Å². The van der Waals surface area contributed by atoms with Gasteiger partial charge in [-0.05, 0) is 38.0 Å². The van der Waals surface area contributed by atoms with Crippen LogP contribution in [0.3, 0.4) is 0 Å². The molecule has 2 N–H and O–H groups in total. The van der Waals surface area contributed by atoms with Crippen molar-refractivity contribution < 1.29 is 14.3 Å². The van der Waals surface area contributed by atoms with E-state index in [0.29, 0.717) is 36.5 Å². The van der Waals surface area contributed by atoms with E-state index in [-0.39, 0.29) is 5.91 Å². The molecule has 0 bridgehead atoms. The van der Waals surface area contributed by atoms with Gasteiger partial charge in [-0.1, -0.05) is 0 Å². The zero-order valence-corrected chi connectivity index (χ0v) is 11.0. The van der Waals surface area contributed by atoms with E-state index in [1.54, 1.807) is 30.0 Å². The summed E-state index contributed by atoms with van der Waals surface area (Å²) in [6, 6.07) is 4.97. The Kier molecular flexibility index (Phi) is 4.04. The van der Waals surface area contributed by atoms with Gasteiger partial charge in [0.1, 0.15) is 0 Å². The average Bonchev–Trinajstić information content (AvgIpc) is 2.40. The highest BCUT2D eigenvalue weighted by Crippen LogP contribution is 2.27. The maximum Gasteiger partial charge on any atom is 0.340 e. The van der Waals surface area contributed by atoms with Crippen LogP contribution in [-0.2, 0) is 9.53 Å². The van der Waals surface area contributed by atoms with Gasteiger partial charge in [-0.25, -0.2) is 4.79 Å². The van der Waals surface area contributed by atoms with Crippen molar-refractivity contribution >= 4 is 23.3 Å². The van der Waals surface area contributed by atoms with E-state index in [9.17, 15) is 9.59 Å². The van der Waals surface area contributed by atoms with Gasteiger partial charge in [-0.3, -0.25) is 4.79 Å². The molecule has 0 aliphatic carbocycles. The number of nitrogen functional groups attached to an aromatic ring is 1. The number of carbonyl (C=O) groups is 2. The van der Waals surface area contributed by atoms with Gasteiger partial charge >= 0.3 is 5.97 Å². The highest BCUT2D eigenvalue weighted by atomic mass is 16.5. The summed E-state index contributed by atoms with van der Waals surface area (Å²) in [5.74, 6) is -0.398. The lowest BCUT2D eigenvalue weighted by molar-refractivity contribution is -0.119. The largest absolute Gasteiger partial charge is 0.462 e. The molecular weight excluding hydrogens is 244 g/mol. The van der Waals surface area contributed by atoms with Crippen LogP contribution in [0.4, 0.5) is 11.4 Å². The molecule has 0 unspecified atom stereocenters. The Balaban J connectivity index is 2.38. The number of nitrogens with two attached hydrogens (primary N) is 1. The number of carbonyl (C=O) groups excluding carboxylic acids is 2. The molecule has 1 aliphatic rings. The van der Waals surface area contributed by atoms with Gasteiger partial charge in [-0.2, -0.15) is 0 Å². The summed E-state index contributed by atoms with van der Waals surface area (Å²) in [6.45, 7) is 2.67. The minimum atomic E-state index is -0.442. The second kappa shape index (κ2) is 5.73. The number of ether oxygens (including phenoxy) is 1. The van der Waals surface area contributed by atoms with Gasteiger partial charge in [0, 0.05) is 18.7 Å². The van der Waals surface area contributed by atoms with E-state index in [0.717, 1.165) is 12.8 Å². The molecule has 0 atom stereocenters. The molecule has 102 valence electrons. The number of hydrogen-bond acceptors (Lipinski definition) is 4. The van der Waals surface area contributed by atoms with Gasteiger partial charge in [0.25, 0.3) is 0 Å². The zero-order valence-electron chi connectivity index (χ0n) is 11.0. The molecule has 0 radical (unpaired) electrons. The Morgan fingerprint density at radius 3 is 2.89 bits per heavy atom. The highest BCUT2D eigenvalue weighted by molar-refractivity contribution is 6.03. The van der Waals surface area contributed by atoms with Gasteiger partial charge in [-0.15, -0.1) is 0 Å². The molecule has 19 heavy (non-hydrogen) atoms. The Hall–Kier alpha value is -2.04. The number of anilines is 2. The third-order valence-corrected chi connectivity index (χ3v) is 3.13. The van der Waals surface area contributed by atoms with E-state index in [1.807, 2.05) is 0 Å². The Morgan fingerprint density at radius 2 is 2.21 bits per heavy atom. The minimum Gasteiger partial charge on any atom is -0.462 e. The molecule has 1 aliphatic heterocycles. The first-order valence-corrected chi connectivity index (χ1v) is 6.50. The number of hydrogen-bond donors (Lipinski definition) is 1. The molecular formula is C14H18N2O3. The predicted octanol–water partition coefficient (Wildman–Crippen LogP) is 1.96. The van der Waals surface area contributed by atoms with E-state index < -0.39 is 5.97 Å². The quantitative estimate of drug-likeness (QED) is 0.667. The third kappa shape index (κ3) is 2.86. The topological polar surface area (TPSA) is 72.6 Å². The lowest BCUT2D eigenvalue weighted by Gasteiger charge is -2.28. The van der Waals surface area contributed by atoms with Gasteiger partial charge < -0.3 is 15.4 Å². The molecule has 1 aromatic carbocycles. The Bertz CT molecular complexity index is 499. The average molecular weight is 262 g/mol. The van der Waals surface area contributed by atoms with Gasteiger partial charge in [0.2, 0.25) is 5.91 Å². The summed E-state index contributed by atoms with van der Waals surface area (Å²) in [7, 11) is 0. The second-order valence-electron chi connectivity index (χ2n) is 4.50. The van der Waals surface area contributed by atoms with Crippen LogP contribution < -0.4 is 10.6 Å². The van der Waals surface area contributed by atoms with Gasteiger partial charge in [0.15, 0.2) is 0 Å². The van der Waals surface area contributed by atoms with Crippen LogP contribution in [-0.4, -0.2) is 25.0 Å². The van der Waals surface area contributed by atoms with Crippen molar-refractivity contribution in [1.29, 1.82) is 0 Å². The van der Waals surface area contributed by atoms with Crippen molar-refractivity contribution in [2.24, 2.45) is 0 Å². The molecule has 1 aromatic rings. The van der Waals surface area contributed by atoms with Crippen LogP contribution in [0, 0.1) is 0 Å². The van der Waals surface area contributed by atoms with E-state index in [4.69, 9.17) is 10.5 Å². The molecule has 1 heterocycles. The fourth-order valence-electron chi connectivity index (χ4n) is 2.22. The molecule has 1 amide bonds. The summed E-state index contributed by atoms with van der Waals surface area (Å²) in [5.41, 5.74) is 7.15. The molecule has 0 saturated carbocycles. The van der Waals surface area contributed by atoms with Crippen LogP contribution in [0.15, 0.2) is 18.2 Å². The Labute approximate surface area is 112 Å². The van der Waals surface area contributed by atoms with E-state index in [2.05, 4.69) is 0 Å². The van der Waals surface area contributed by atoms with Crippen LogP contribution in [0.25, 0.3) is 0 Å². The normalized spacial score (nSPS) is 15.4. The molecule has 0 aromatic heterocycles. The molecule has 1 fully saturated rings. The van der Waals surface area contributed by atoms with Crippen molar-refractivity contribution in [3.8, 4) is 0 Å². The number of piperidine rings is 1. The number of nitrogens with zero attached hydrogens (tertiary/aromatic N) is 1. The van der Waals surface area contributed by atoms with Crippen molar-refractivity contribution in [1.82, 2.24) is 0 Å². The maximum atomic E-state index is 12.0. The van der Waals surface area contributed by atoms with Crippen molar-refractivity contribution in [2.45, 2.75) is 26.2 Å². The zero-order chi connectivity index (χ0) is 13.8. The van der Waals surface area contributed by atoms with E-state index >= 15 is 0 Å². The number of amides is 1. The molecule has 0 spiro atoms. The fraction of sp³-hybridized carbons (Fsp3) is 0.429. The first kappa shape index (κ1) is 13.4. The molecule has 5 nitrogen and oxygen atoms in total. The summed E-state index contributed by atoms with van der Waals surface area (Å²) in [5, 5.41) is 0. The SMILES string of the molecule is CCOC(=O)c1cc(N)ccc1N1CCCCC1=O. The lowest BCUT2D eigenvalue weighted by atomic mass is 10.1. The summed E-state index contributed by atoms with van der Waals surface area (Å²) >= 11 is 0. The van der Waals surface area contributed by atoms with Crippen LogP contribution in [0.5, 0.6) is 0 Å². The minimum absolute atomic E-state index is 0.0431. The Morgan fingerprint density at radius 1 is 1.42 bits per heavy atom. The lowest BCUT2D eigenvalue weighted by Crippen LogP contribution is -2.36. The molecule has 2 rings (SSSR count). The highest BCUT2D eigenvalue weighted by Gasteiger charge is 2.24. The standard InChI is InChI=1S/C14H18N2O3/c1-2-19-14(18)11-9-10(15)6-7-12(11)16-8-4-3-5-13(16)17/h6-7,9H,2-5,8,15H2,1H3. The monoisotopic (exact) mass is 262 g/mol. The first-order chi connectivity index (χ1) is 9.13. The summed E-state index contributed by atoms with van der Waals surface area (Å²) in [6.07, 6.45) is 2.37. The number of benzene rings is 1. The smallest absolute Gasteiger partial charge is 0.340 e. The van der Waals surface area contributed by atoms with Crippen LogP contribution >= 0.6 is 0 Å². The summed E-state index contributed by atoms with van der Waals surface area (Å²) in [4.78, 5) is 25.6. The van der Waals surface area contributed by atoms with Crippen molar-refractivity contribution in [2.75, 3.05) is 23.8 Å². The van der Waals surface area contributed by atoms with Crippen molar-refractivity contribution in [3.63, 3.8) is 0 Å². The molecule has 5 heteroatoms. The van der Waals surface area contributed by atoms with Crippen LogP contribution in [0.2, 0.25) is 0 Å². The first-order valence-electron chi connectivity index (χ1n) is 6.50. The van der Waals surface area contributed by atoms with Crippen molar-refractivity contribution in [3.05, 3.63) is 23.8 Å². The molecule has 1 saturated heterocycles. The maximum absolute atomic E-state index is 12.0. The van der Waals surface area contributed by atoms with E-state index in [1.165, 1.54) is 0 Å². The van der Waals surface area contributed by atoms with Crippen LogP contribution in [0.1, 0.15) is 36.5 Å².